The van der Waals surface area contributed by atoms with Crippen LogP contribution in [-0.2, 0) is 0 Å². The first-order valence-corrected chi connectivity index (χ1v) is 14.9. The average molecular weight is 529 g/mol. The van der Waals surface area contributed by atoms with Crippen molar-refractivity contribution in [1.82, 2.24) is 0 Å². The minimum atomic E-state index is -2.48. The Kier molecular flexibility index (Phi) is 8.10. The van der Waals surface area contributed by atoms with Gasteiger partial charge in [0.05, 0.1) is 19.9 Å². The third kappa shape index (κ3) is 5.90. The molecule has 0 spiro atoms. The lowest BCUT2D eigenvalue weighted by Crippen LogP contribution is -2.16. The number of benzene rings is 5. The van der Waals surface area contributed by atoms with Gasteiger partial charge in [-0.2, -0.15) is 0 Å². The van der Waals surface area contributed by atoms with Crippen molar-refractivity contribution in [1.29, 1.82) is 0 Å². The summed E-state index contributed by atoms with van der Waals surface area (Å²) in [4.78, 5) is 0. The molecule has 3 nitrogen and oxygen atoms in total. The van der Waals surface area contributed by atoms with Gasteiger partial charge in [0.15, 0.2) is 0 Å². The summed E-state index contributed by atoms with van der Waals surface area (Å²) in [7, 11) is -0.790. The van der Waals surface area contributed by atoms with Crippen molar-refractivity contribution in [3.63, 3.8) is 0 Å². The van der Waals surface area contributed by atoms with E-state index in [9.17, 15) is 0 Å². The second-order valence-corrected chi connectivity index (χ2v) is 12.3. The Bertz CT molecular complexity index is 1550. The van der Waals surface area contributed by atoms with Crippen LogP contribution in [0.1, 0.15) is 16.7 Å². The van der Waals surface area contributed by atoms with E-state index in [0.717, 1.165) is 28.4 Å². The highest BCUT2D eigenvalue weighted by atomic mass is 31.2. The van der Waals surface area contributed by atoms with E-state index in [1.807, 2.05) is 24.3 Å². The van der Waals surface area contributed by atoms with Crippen LogP contribution in [0.25, 0.3) is 5.70 Å². The van der Waals surface area contributed by atoms with Crippen molar-refractivity contribution < 1.29 is 4.74 Å². The topological polar surface area (TPSA) is 33.6 Å². The number of rotatable bonds is 8. The van der Waals surface area contributed by atoms with E-state index in [1.165, 1.54) is 21.7 Å². The average Bonchev–Trinajstić information content (AvgIpc) is 2.99. The molecule has 0 saturated carbocycles. The van der Waals surface area contributed by atoms with E-state index < -0.39 is 7.05 Å². The molecule has 0 unspecified atom stereocenters. The second-order valence-electron chi connectivity index (χ2n) is 9.46. The van der Waals surface area contributed by atoms with Gasteiger partial charge in [-0.1, -0.05) is 109 Å². The van der Waals surface area contributed by atoms with Crippen LogP contribution in [0, 0.1) is 13.8 Å². The highest BCUT2D eigenvalue weighted by molar-refractivity contribution is 7.83. The third-order valence-electron chi connectivity index (χ3n) is 6.79. The Balaban J connectivity index is 1.85. The van der Waals surface area contributed by atoms with Gasteiger partial charge in [0.2, 0.25) is 0 Å². The number of anilines is 1. The summed E-state index contributed by atoms with van der Waals surface area (Å²) in [5.74, 6) is 3.19. The smallest absolute Gasteiger partial charge is 0.119 e. The van der Waals surface area contributed by atoms with Crippen molar-refractivity contribution in [2.24, 2.45) is 4.74 Å². The van der Waals surface area contributed by atoms with Crippen LogP contribution >= 0.6 is 7.05 Å². The summed E-state index contributed by atoms with van der Waals surface area (Å²) in [5, 5.41) is 6.21. The number of aryl methyl sites for hydroxylation is 2. The van der Waals surface area contributed by atoms with Crippen LogP contribution in [-0.4, -0.2) is 7.11 Å². The molecule has 5 rings (SSSR count). The minimum Gasteiger partial charge on any atom is -0.497 e. The third-order valence-corrected chi connectivity index (χ3v) is 10.1. The molecule has 39 heavy (non-hydrogen) atoms. The zero-order valence-electron chi connectivity index (χ0n) is 22.6. The van der Waals surface area contributed by atoms with Crippen molar-refractivity contribution in [2.75, 3.05) is 12.4 Å². The molecule has 0 aliphatic rings. The summed E-state index contributed by atoms with van der Waals surface area (Å²) in [6.07, 6.45) is 0. The normalized spacial score (nSPS) is 11.6. The van der Waals surface area contributed by atoms with Gasteiger partial charge in [0.1, 0.15) is 5.75 Å². The molecule has 4 heteroatoms. The first-order chi connectivity index (χ1) is 19.1. The summed E-state index contributed by atoms with van der Waals surface area (Å²) < 4.78 is 11.0. The molecule has 5 aromatic carbocycles. The summed E-state index contributed by atoms with van der Waals surface area (Å²) in [5.41, 5.74) is 6.58. The first-order valence-electron chi connectivity index (χ1n) is 13.1. The van der Waals surface area contributed by atoms with Gasteiger partial charge in [0, 0.05) is 22.0 Å². The molecule has 0 heterocycles. The van der Waals surface area contributed by atoms with E-state index >= 15 is 0 Å². The molecule has 0 amide bonds. The molecule has 0 aliphatic carbocycles. The number of nitrogens with one attached hydrogen (secondary N) is 1. The SMILES string of the molecule is COc1ccc(N=P(/C=C(\Nc2c(C)cccc2C)c2ccccc2)(c2ccccc2)c2ccccc2)cc1. The molecular weight excluding hydrogens is 495 g/mol. The first kappa shape index (κ1) is 26.3. The fourth-order valence-corrected chi connectivity index (χ4v) is 7.94. The maximum Gasteiger partial charge on any atom is 0.119 e. The molecule has 194 valence electrons. The lowest BCUT2D eigenvalue weighted by atomic mass is 10.1. The van der Waals surface area contributed by atoms with Gasteiger partial charge >= 0.3 is 0 Å². The molecule has 0 aliphatic heterocycles. The summed E-state index contributed by atoms with van der Waals surface area (Å²) >= 11 is 0. The van der Waals surface area contributed by atoms with E-state index in [4.69, 9.17) is 9.48 Å². The Hall–Kier alpha value is -4.33. The van der Waals surface area contributed by atoms with Crippen LogP contribution in [0.4, 0.5) is 11.4 Å². The molecule has 0 atom stereocenters. The van der Waals surface area contributed by atoms with Crippen LogP contribution in [0.2, 0.25) is 0 Å². The Morgan fingerprint density at radius 1 is 0.641 bits per heavy atom. The highest BCUT2D eigenvalue weighted by Crippen LogP contribution is 2.53. The van der Waals surface area contributed by atoms with Gasteiger partial charge in [-0.05, 0) is 60.6 Å². The van der Waals surface area contributed by atoms with Crippen molar-refractivity contribution in [2.45, 2.75) is 13.8 Å². The van der Waals surface area contributed by atoms with E-state index in [-0.39, 0.29) is 0 Å². The number of para-hydroxylation sites is 1. The van der Waals surface area contributed by atoms with Crippen molar-refractivity contribution >= 4 is 34.7 Å². The maximum atomic E-state index is 5.60. The van der Waals surface area contributed by atoms with Crippen LogP contribution in [0.5, 0.6) is 5.75 Å². The number of hydrogen-bond acceptors (Lipinski definition) is 3. The predicted octanol–water partition coefficient (Wildman–Crippen LogP) is 8.91. The fraction of sp³-hybridized carbons (Fsp3) is 0.0857. The van der Waals surface area contributed by atoms with Crippen molar-refractivity contribution in [3.05, 3.63) is 156 Å². The zero-order chi connectivity index (χ0) is 27.1. The quantitative estimate of drug-likeness (QED) is 0.204. The molecule has 0 radical (unpaired) electrons. The zero-order valence-corrected chi connectivity index (χ0v) is 23.5. The van der Waals surface area contributed by atoms with Gasteiger partial charge in [-0.25, -0.2) is 0 Å². The lowest BCUT2D eigenvalue weighted by molar-refractivity contribution is 0.415. The highest BCUT2D eigenvalue weighted by Gasteiger charge is 2.25. The number of nitrogens with zero attached hydrogens (tertiary/aromatic N) is 1. The second kappa shape index (κ2) is 12.0. The minimum absolute atomic E-state index is 0.814. The number of methoxy groups -OCH3 is 1. The predicted molar refractivity (Wildman–Crippen MR) is 168 cm³/mol. The molecule has 0 saturated heterocycles. The van der Waals surface area contributed by atoms with E-state index in [0.29, 0.717) is 0 Å². The van der Waals surface area contributed by atoms with Crippen LogP contribution in [0.3, 0.4) is 0 Å². The Morgan fingerprint density at radius 3 is 1.67 bits per heavy atom. The maximum absolute atomic E-state index is 5.60. The van der Waals surface area contributed by atoms with Crippen LogP contribution < -0.4 is 20.7 Å². The fourth-order valence-electron chi connectivity index (χ4n) is 4.71. The largest absolute Gasteiger partial charge is 0.497 e. The lowest BCUT2D eigenvalue weighted by Gasteiger charge is -2.26. The van der Waals surface area contributed by atoms with Crippen LogP contribution in [0.15, 0.2) is 144 Å². The van der Waals surface area contributed by atoms with Gasteiger partial charge < -0.3 is 10.1 Å². The molecule has 5 aromatic rings. The number of hydrogen-bond donors (Lipinski definition) is 1. The van der Waals surface area contributed by atoms with E-state index in [1.54, 1.807) is 7.11 Å². The van der Waals surface area contributed by atoms with Gasteiger partial charge in [-0.15, -0.1) is 0 Å². The van der Waals surface area contributed by atoms with Gasteiger partial charge in [0.25, 0.3) is 0 Å². The van der Waals surface area contributed by atoms with Crippen molar-refractivity contribution in [3.8, 4) is 5.75 Å². The molecule has 1 N–H and O–H groups in total. The number of ether oxygens (including phenoxy) is 1. The summed E-state index contributed by atoms with van der Waals surface area (Å²) in [6, 6.07) is 46.3. The monoisotopic (exact) mass is 528 g/mol. The Morgan fingerprint density at radius 2 is 1.15 bits per heavy atom. The molecule has 0 fully saturated rings. The Labute approximate surface area is 231 Å². The summed E-state index contributed by atoms with van der Waals surface area (Å²) in [6.45, 7) is 4.30. The molecular formula is C35H33N2OP. The van der Waals surface area contributed by atoms with E-state index in [2.05, 4.69) is 134 Å². The van der Waals surface area contributed by atoms with Gasteiger partial charge in [-0.3, -0.25) is 4.74 Å². The molecule has 0 bridgehead atoms. The standard InChI is InChI=1S/C35H33N2OP/c1-27-14-13-15-28(2)35(27)36-34(29-16-7-4-8-17-29)26-39(32-18-9-5-10-19-32,33-20-11-6-12-21-33)37-30-22-24-31(38-3)25-23-30/h4-26,36H,1-3H3/b34-26-. The molecule has 0 aromatic heterocycles.